The first-order valence-corrected chi connectivity index (χ1v) is 7.61. The van der Waals surface area contributed by atoms with Gasteiger partial charge in [-0.1, -0.05) is 13.8 Å². The minimum atomic E-state index is -4.47. The molecule has 0 aliphatic carbocycles. The zero-order valence-corrected chi connectivity index (χ0v) is 13.5. The molecule has 1 aliphatic rings. The van der Waals surface area contributed by atoms with Gasteiger partial charge in [0.25, 0.3) is 0 Å². The molecule has 1 amide bonds. The summed E-state index contributed by atoms with van der Waals surface area (Å²) in [4.78, 5) is 22.8. The average Bonchev–Trinajstić information content (AvgIpc) is 2.53. The van der Waals surface area contributed by atoms with Crippen LogP contribution in [0, 0.1) is 5.92 Å². The van der Waals surface area contributed by atoms with E-state index in [1.54, 1.807) is 16.8 Å². The zero-order valence-electron chi connectivity index (χ0n) is 13.5. The van der Waals surface area contributed by atoms with Gasteiger partial charge >= 0.3 is 6.18 Å². The second-order valence-electron chi connectivity index (χ2n) is 6.08. The van der Waals surface area contributed by atoms with E-state index < -0.39 is 11.9 Å². The van der Waals surface area contributed by atoms with Crippen LogP contribution in [0.15, 0.2) is 12.4 Å². The van der Waals surface area contributed by atoms with Crippen LogP contribution in [0.25, 0.3) is 0 Å². The fourth-order valence-corrected chi connectivity index (χ4v) is 2.74. The van der Waals surface area contributed by atoms with E-state index in [9.17, 15) is 18.0 Å². The maximum atomic E-state index is 12.7. The van der Waals surface area contributed by atoms with Crippen LogP contribution in [0.5, 0.6) is 0 Å². The number of alkyl halides is 3. The smallest absolute Gasteiger partial charge is 0.356 e. The number of aromatic nitrogens is 2. The van der Waals surface area contributed by atoms with Crippen LogP contribution in [0.4, 0.5) is 19.0 Å². The molecule has 23 heavy (non-hydrogen) atoms. The molecule has 0 N–H and O–H groups in total. The maximum absolute atomic E-state index is 12.7. The van der Waals surface area contributed by atoms with Gasteiger partial charge in [0.1, 0.15) is 17.8 Å². The van der Waals surface area contributed by atoms with Crippen LogP contribution in [-0.4, -0.2) is 47.0 Å². The van der Waals surface area contributed by atoms with Crippen molar-refractivity contribution in [3.05, 3.63) is 18.1 Å². The standard InChI is InChI=1S/C15H21F3N4O/c1-10(2)14(23)21(3)11-4-6-22(7-5-11)13-8-12(15(16,17)18)19-9-20-13/h8-11H,4-7H2,1-3H3. The number of rotatable bonds is 3. The lowest BCUT2D eigenvalue weighted by atomic mass is 10.0. The van der Waals surface area contributed by atoms with Gasteiger partial charge in [0.05, 0.1) is 0 Å². The minimum absolute atomic E-state index is 0.0609. The third-order valence-electron chi connectivity index (χ3n) is 4.12. The molecule has 0 unspecified atom stereocenters. The van der Waals surface area contributed by atoms with Gasteiger partial charge in [0.2, 0.25) is 5.91 Å². The van der Waals surface area contributed by atoms with E-state index in [0.717, 1.165) is 12.4 Å². The normalized spacial score (nSPS) is 16.7. The molecule has 1 aromatic rings. The molecule has 0 aromatic carbocycles. The Kier molecular flexibility index (Phi) is 5.11. The van der Waals surface area contributed by atoms with Gasteiger partial charge in [-0.2, -0.15) is 13.2 Å². The fraction of sp³-hybridized carbons (Fsp3) is 0.667. The van der Waals surface area contributed by atoms with Gasteiger partial charge in [-0.25, -0.2) is 9.97 Å². The molecule has 0 bridgehead atoms. The predicted octanol–water partition coefficient (Wildman–Crippen LogP) is 2.58. The number of amides is 1. The Labute approximate surface area is 133 Å². The summed E-state index contributed by atoms with van der Waals surface area (Å²) in [5.74, 6) is 0.308. The van der Waals surface area contributed by atoms with Crippen LogP contribution < -0.4 is 4.90 Å². The Hall–Kier alpha value is -1.86. The lowest BCUT2D eigenvalue weighted by molar-refractivity contribution is -0.141. The number of nitrogens with zero attached hydrogens (tertiary/aromatic N) is 4. The number of halogens is 3. The first kappa shape index (κ1) is 17.5. The van der Waals surface area contributed by atoms with E-state index in [0.29, 0.717) is 25.9 Å². The van der Waals surface area contributed by atoms with Crippen molar-refractivity contribution in [1.29, 1.82) is 0 Å². The number of carbonyl (C=O) groups excluding carboxylic acids is 1. The van der Waals surface area contributed by atoms with Crippen molar-refractivity contribution in [3.8, 4) is 0 Å². The highest BCUT2D eigenvalue weighted by atomic mass is 19.4. The summed E-state index contributed by atoms with van der Waals surface area (Å²) in [5.41, 5.74) is -0.934. The lowest BCUT2D eigenvalue weighted by Gasteiger charge is -2.38. The largest absolute Gasteiger partial charge is 0.433 e. The summed E-state index contributed by atoms with van der Waals surface area (Å²) < 4.78 is 38.1. The highest BCUT2D eigenvalue weighted by Gasteiger charge is 2.34. The van der Waals surface area contributed by atoms with Crippen molar-refractivity contribution >= 4 is 11.7 Å². The summed E-state index contributed by atoms with van der Waals surface area (Å²) in [6.45, 7) is 4.84. The number of hydrogen-bond acceptors (Lipinski definition) is 4. The van der Waals surface area contributed by atoms with E-state index in [4.69, 9.17) is 0 Å². The Morgan fingerprint density at radius 1 is 1.30 bits per heavy atom. The van der Waals surface area contributed by atoms with Crippen molar-refractivity contribution in [2.45, 2.75) is 38.9 Å². The van der Waals surface area contributed by atoms with Gasteiger partial charge in [0.15, 0.2) is 0 Å². The molecular formula is C15H21F3N4O. The number of hydrogen-bond donors (Lipinski definition) is 0. The topological polar surface area (TPSA) is 49.3 Å². The van der Waals surface area contributed by atoms with E-state index in [1.807, 2.05) is 13.8 Å². The second-order valence-corrected chi connectivity index (χ2v) is 6.08. The zero-order chi connectivity index (χ0) is 17.2. The Morgan fingerprint density at radius 3 is 2.43 bits per heavy atom. The molecule has 0 spiro atoms. The van der Waals surface area contributed by atoms with Gasteiger partial charge in [-0.05, 0) is 12.8 Å². The summed E-state index contributed by atoms with van der Waals surface area (Å²) in [6, 6.07) is 1.09. The summed E-state index contributed by atoms with van der Waals surface area (Å²) in [5, 5.41) is 0. The fourth-order valence-electron chi connectivity index (χ4n) is 2.74. The number of anilines is 1. The summed E-state index contributed by atoms with van der Waals surface area (Å²) in [7, 11) is 1.79. The van der Waals surface area contributed by atoms with Crippen molar-refractivity contribution in [2.24, 2.45) is 5.92 Å². The van der Waals surface area contributed by atoms with Crippen LogP contribution in [0.1, 0.15) is 32.4 Å². The Morgan fingerprint density at radius 2 is 1.91 bits per heavy atom. The molecule has 1 aliphatic heterocycles. The lowest BCUT2D eigenvalue weighted by Crippen LogP contribution is -2.47. The van der Waals surface area contributed by atoms with E-state index >= 15 is 0 Å². The molecule has 0 saturated carbocycles. The van der Waals surface area contributed by atoms with Crippen LogP contribution in [-0.2, 0) is 11.0 Å². The van der Waals surface area contributed by atoms with Crippen LogP contribution in [0.2, 0.25) is 0 Å². The molecule has 1 saturated heterocycles. The van der Waals surface area contributed by atoms with Gasteiger partial charge in [-0.3, -0.25) is 4.79 Å². The van der Waals surface area contributed by atoms with E-state index in [1.165, 1.54) is 0 Å². The SMILES string of the molecule is CC(C)C(=O)N(C)C1CCN(c2cc(C(F)(F)F)ncn2)CC1. The number of carbonyl (C=O) groups is 1. The highest BCUT2D eigenvalue weighted by molar-refractivity contribution is 5.78. The van der Waals surface area contributed by atoms with E-state index in [2.05, 4.69) is 9.97 Å². The molecule has 128 valence electrons. The molecule has 5 nitrogen and oxygen atoms in total. The summed E-state index contributed by atoms with van der Waals surface area (Å²) >= 11 is 0. The van der Waals surface area contributed by atoms with Gasteiger partial charge in [-0.15, -0.1) is 0 Å². The first-order valence-electron chi connectivity index (χ1n) is 7.61. The minimum Gasteiger partial charge on any atom is -0.356 e. The van der Waals surface area contributed by atoms with Crippen molar-refractivity contribution < 1.29 is 18.0 Å². The molecule has 8 heteroatoms. The molecule has 2 rings (SSSR count). The maximum Gasteiger partial charge on any atom is 0.433 e. The number of piperidine rings is 1. The third kappa shape index (κ3) is 4.11. The van der Waals surface area contributed by atoms with Gasteiger partial charge in [0, 0.05) is 38.2 Å². The average molecular weight is 330 g/mol. The monoisotopic (exact) mass is 330 g/mol. The molecule has 0 atom stereocenters. The summed E-state index contributed by atoms with van der Waals surface area (Å²) in [6.07, 6.45) is -2.11. The molecule has 1 fully saturated rings. The van der Waals surface area contributed by atoms with Crippen molar-refractivity contribution in [3.63, 3.8) is 0 Å². The Bertz CT molecular complexity index is 554. The van der Waals surface area contributed by atoms with Crippen molar-refractivity contribution in [1.82, 2.24) is 14.9 Å². The van der Waals surface area contributed by atoms with Crippen molar-refractivity contribution in [2.75, 3.05) is 25.0 Å². The highest BCUT2D eigenvalue weighted by Crippen LogP contribution is 2.30. The van der Waals surface area contributed by atoms with Crippen LogP contribution in [0.3, 0.4) is 0 Å². The Balaban J connectivity index is 2.01. The van der Waals surface area contributed by atoms with Crippen LogP contribution >= 0.6 is 0 Å². The molecule has 0 radical (unpaired) electrons. The van der Waals surface area contributed by atoms with E-state index in [-0.39, 0.29) is 23.7 Å². The molecule has 2 heterocycles. The molecule has 1 aromatic heterocycles. The third-order valence-corrected chi connectivity index (χ3v) is 4.12. The quantitative estimate of drug-likeness (QED) is 0.855. The second kappa shape index (κ2) is 6.72. The first-order chi connectivity index (χ1) is 10.7. The molecular weight excluding hydrogens is 309 g/mol. The predicted molar refractivity (Wildman–Crippen MR) is 79.9 cm³/mol. The van der Waals surface area contributed by atoms with Gasteiger partial charge < -0.3 is 9.80 Å².